The van der Waals surface area contributed by atoms with Crippen molar-refractivity contribution in [3.63, 3.8) is 0 Å². The van der Waals surface area contributed by atoms with Gasteiger partial charge in [-0.25, -0.2) is 0 Å². The number of hydrogen-bond donors (Lipinski definition) is 1. The molecule has 0 aromatic carbocycles. The van der Waals surface area contributed by atoms with E-state index < -0.39 is 18.2 Å². The zero-order chi connectivity index (χ0) is 11.5. The quantitative estimate of drug-likeness (QED) is 0.758. The van der Waals surface area contributed by atoms with Crippen LogP contribution in [0.15, 0.2) is 0 Å². The van der Waals surface area contributed by atoms with E-state index in [9.17, 15) is 13.2 Å². The molecule has 0 rings (SSSR count). The molecule has 0 aliphatic carbocycles. The lowest BCUT2D eigenvalue weighted by molar-refractivity contribution is -0.225. The van der Waals surface area contributed by atoms with Gasteiger partial charge < -0.3 is 5.11 Å². The fourth-order valence-electron chi connectivity index (χ4n) is 1.62. The van der Waals surface area contributed by atoms with Gasteiger partial charge in [-0.05, 0) is 17.8 Å². The van der Waals surface area contributed by atoms with Crippen LogP contribution in [0.2, 0.25) is 0 Å². The van der Waals surface area contributed by atoms with Gasteiger partial charge in [-0.1, -0.05) is 34.1 Å². The first-order chi connectivity index (χ1) is 6.21. The predicted octanol–water partition coefficient (Wildman–Crippen LogP) is 3.23. The Morgan fingerprint density at radius 2 is 1.57 bits per heavy atom. The summed E-state index contributed by atoms with van der Waals surface area (Å²) in [6.07, 6.45) is -6.34. The molecule has 4 heteroatoms. The van der Waals surface area contributed by atoms with Crippen LogP contribution in [0.4, 0.5) is 13.2 Å². The smallest absolute Gasteiger partial charge is 0.383 e. The van der Waals surface area contributed by atoms with Gasteiger partial charge in [0.1, 0.15) is 0 Å². The van der Waals surface area contributed by atoms with Crippen molar-refractivity contribution in [2.75, 3.05) is 0 Å². The number of halogens is 3. The molecule has 1 N–H and O–H groups in total. The van der Waals surface area contributed by atoms with Crippen molar-refractivity contribution in [2.45, 2.75) is 46.4 Å². The van der Waals surface area contributed by atoms with Crippen molar-refractivity contribution in [1.82, 2.24) is 0 Å². The molecule has 0 saturated carbocycles. The summed E-state index contributed by atoms with van der Waals surface area (Å²) in [7, 11) is 0. The molecule has 0 heterocycles. The van der Waals surface area contributed by atoms with E-state index in [0.29, 0.717) is 6.42 Å². The Morgan fingerprint density at radius 3 is 1.79 bits per heavy atom. The Kier molecular flexibility index (Phi) is 4.92. The van der Waals surface area contributed by atoms with Crippen LogP contribution in [0.25, 0.3) is 0 Å². The maximum absolute atomic E-state index is 12.3. The summed E-state index contributed by atoms with van der Waals surface area (Å²) < 4.78 is 36.8. The van der Waals surface area contributed by atoms with Crippen molar-refractivity contribution in [3.8, 4) is 0 Å². The second-order valence-corrected chi connectivity index (χ2v) is 4.16. The lowest BCUT2D eigenvalue weighted by Crippen LogP contribution is -2.40. The zero-order valence-corrected chi connectivity index (χ0v) is 9.10. The Labute approximate surface area is 83.3 Å². The second-order valence-electron chi connectivity index (χ2n) is 4.16. The van der Waals surface area contributed by atoms with Crippen LogP contribution in [0.1, 0.15) is 34.1 Å². The predicted molar refractivity (Wildman–Crippen MR) is 49.8 cm³/mol. The second kappa shape index (κ2) is 5.01. The Morgan fingerprint density at radius 1 is 1.14 bits per heavy atom. The third-order valence-corrected chi connectivity index (χ3v) is 2.94. The first kappa shape index (κ1) is 13.8. The summed E-state index contributed by atoms with van der Waals surface area (Å²) in [6.45, 7) is 7.18. The van der Waals surface area contributed by atoms with Crippen LogP contribution in [0, 0.1) is 17.8 Å². The summed E-state index contributed by atoms with van der Waals surface area (Å²) >= 11 is 0. The normalized spacial score (nSPS) is 19.5. The van der Waals surface area contributed by atoms with Gasteiger partial charge in [-0.2, -0.15) is 13.2 Å². The molecule has 0 bridgehead atoms. The molecule has 14 heavy (non-hydrogen) atoms. The summed E-state index contributed by atoms with van der Waals surface area (Å²) in [5.41, 5.74) is 0. The van der Waals surface area contributed by atoms with Gasteiger partial charge in [0.2, 0.25) is 0 Å². The van der Waals surface area contributed by atoms with E-state index >= 15 is 0 Å². The Bertz CT molecular complexity index is 165. The Balaban J connectivity index is 4.56. The highest BCUT2D eigenvalue weighted by atomic mass is 19.4. The van der Waals surface area contributed by atoms with Gasteiger partial charge in [0, 0.05) is 0 Å². The minimum Gasteiger partial charge on any atom is -0.383 e. The maximum Gasteiger partial charge on any atom is 0.414 e. The number of alkyl halides is 3. The van der Waals surface area contributed by atoms with E-state index in [4.69, 9.17) is 5.11 Å². The molecule has 0 saturated heterocycles. The SMILES string of the molecule is CC[C@H](C(C)C(C)C)C(O)C(F)(F)F. The summed E-state index contributed by atoms with van der Waals surface area (Å²) in [4.78, 5) is 0. The minimum absolute atomic E-state index is 0.128. The van der Waals surface area contributed by atoms with E-state index in [1.807, 2.05) is 13.8 Å². The minimum atomic E-state index is -4.50. The lowest BCUT2D eigenvalue weighted by Gasteiger charge is -2.31. The monoisotopic (exact) mass is 212 g/mol. The molecule has 0 aromatic heterocycles. The molecule has 0 radical (unpaired) electrons. The summed E-state index contributed by atoms with van der Waals surface area (Å²) in [6, 6.07) is 0. The number of hydrogen-bond acceptors (Lipinski definition) is 1. The first-order valence-corrected chi connectivity index (χ1v) is 4.96. The molecule has 0 amide bonds. The lowest BCUT2D eigenvalue weighted by atomic mass is 9.80. The molecule has 1 nitrogen and oxygen atoms in total. The molecular formula is C10H19F3O. The molecule has 0 spiro atoms. The molecule has 0 aliphatic rings. The van der Waals surface area contributed by atoms with Crippen molar-refractivity contribution in [2.24, 2.45) is 17.8 Å². The average Bonchev–Trinajstić information content (AvgIpc) is 2.03. The zero-order valence-electron chi connectivity index (χ0n) is 9.10. The largest absolute Gasteiger partial charge is 0.414 e. The third-order valence-electron chi connectivity index (χ3n) is 2.94. The fraction of sp³-hybridized carbons (Fsp3) is 1.00. The van der Waals surface area contributed by atoms with Crippen LogP contribution in [0.5, 0.6) is 0 Å². The van der Waals surface area contributed by atoms with Crippen molar-refractivity contribution in [1.29, 1.82) is 0 Å². The standard InChI is InChI=1S/C10H19F3O/c1-5-8(7(4)6(2)3)9(14)10(11,12)13/h6-9,14H,5H2,1-4H3/t7?,8-,9?/m1/s1. The van der Waals surface area contributed by atoms with Crippen molar-refractivity contribution >= 4 is 0 Å². The van der Waals surface area contributed by atoms with Gasteiger partial charge >= 0.3 is 6.18 Å². The molecule has 0 aromatic rings. The third kappa shape index (κ3) is 3.48. The number of aliphatic hydroxyl groups excluding tert-OH is 1. The van der Waals surface area contributed by atoms with Gasteiger partial charge in [-0.3, -0.25) is 0 Å². The van der Waals surface area contributed by atoms with Crippen LogP contribution in [0.3, 0.4) is 0 Å². The van der Waals surface area contributed by atoms with E-state index in [2.05, 4.69) is 0 Å². The van der Waals surface area contributed by atoms with Gasteiger partial charge in [0.25, 0.3) is 0 Å². The molecule has 0 aliphatic heterocycles. The van der Waals surface area contributed by atoms with Crippen LogP contribution in [-0.2, 0) is 0 Å². The topological polar surface area (TPSA) is 20.2 Å². The molecule has 0 fully saturated rings. The highest BCUT2D eigenvalue weighted by molar-refractivity contribution is 4.79. The average molecular weight is 212 g/mol. The van der Waals surface area contributed by atoms with Gasteiger partial charge in [0.05, 0.1) is 0 Å². The fourth-order valence-corrected chi connectivity index (χ4v) is 1.62. The maximum atomic E-state index is 12.3. The van der Waals surface area contributed by atoms with Crippen molar-refractivity contribution < 1.29 is 18.3 Å². The number of rotatable bonds is 4. The Hall–Kier alpha value is -0.250. The van der Waals surface area contributed by atoms with Gasteiger partial charge in [-0.15, -0.1) is 0 Å². The van der Waals surface area contributed by atoms with Crippen molar-refractivity contribution in [3.05, 3.63) is 0 Å². The molecule has 86 valence electrons. The molecular weight excluding hydrogens is 193 g/mol. The first-order valence-electron chi connectivity index (χ1n) is 4.96. The summed E-state index contributed by atoms with van der Waals surface area (Å²) in [5, 5.41) is 9.14. The van der Waals surface area contributed by atoms with Crippen LogP contribution < -0.4 is 0 Å². The molecule has 2 unspecified atom stereocenters. The summed E-state index contributed by atoms with van der Waals surface area (Å²) in [5.74, 6) is -0.677. The van der Waals surface area contributed by atoms with Crippen LogP contribution >= 0.6 is 0 Å². The van der Waals surface area contributed by atoms with Gasteiger partial charge in [0.15, 0.2) is 6.10 Å². The molecule has 3 atom stereocenters. The van der Waals surface area contributed by atoms with E-state index in [0.717, 1.165) is 0 Å². The highest BCUT2D eigenvalue weighted by Gasteiger charge is 2.44. The van der Waals surface area contributed by atoms with E-state index in [1.54, 1.807) is 13.8 Å². The van der Waals surface area contributed by atoms with E-state index in [1.165, 1.54) is 0 Å². The van der Waals surface area contributed by atoms with Crippen LogP contribution in [-0.4, -0.2) is 17.4 Å². The highest BCUT2D eigenvalue weighted by Crippen LogP contribution is 2.34. The number of aliphatic hydroxyl groups is 1. The van der Waals surface area contributed by atoms with E-state index in [-0.39, 0.29) is 11.8 Å².